The minimum atomic E-state index is -1.60. The number of carbonyl (C=O) groups is 3. The number of hydrogen-bond donors (Lipinski definition) is 1. The average Bonchev–Trinajstić information content (AvgIpc) is 3.35. The fraction of sp³-hybridized carbons (Fsp3) is 0.353. The van der Waals surface area contributed by atoms with Gasteiger partial charge in [0.25, 0.3) is 11.8 Å². The zero-order valence-electron chi connectivity index (χ0n) is 24.6. The quantitative estimate of drug-likeness (QED) is 0.214. The lowest BCUT2D eigenvalue weighted by Gasteiger charge is -2.31. The summed E-state index contributed by atoms with van der Waals surface area (Å²) < 4.78 is 17.7. The summed E-state index contributed by atoms with van der Waals surface area (Å²) >= 11 is 0. The fourth-order valence-electron chi connectivity index (χ4n) is 5.33. The Morgan fingerprint density at radius 3 is 2.42 bits per heavy atom. The van der Waals surface area contributed by atoms with E-state index in [1.54, 1.807) is 75.4 Å². The molecule has 3 aromatic carbocycles. The van der Waals surface area contributed by atoms with E-state index >= 15 is 0 Å². The maximum absolute atomic E-state index is 14.6. The smallest absolute Gasteiger partial charge is 0.306 e. The van der Waals surface area contributed by atoms with E-state index in [9.17, 15) is 14.4 Å². The van der Waals surface area contributed by atoms with E-state index in [1.165, 1.54) is 4.90 Å². The van der Waals surface area contributed by atoms with E-state index in [2.05, 4.69) is 0 Å². The van der Waals surface area contributed by atoms with Gasteiger partial charge >= 0.3 is 5.97 Å². The van der Waals surface area contributed by atoms with Crippen LogP contribution in [0.3, 0.4) is 0 Å². The van der Waals surface area contributed by atoms with Gasteiger partial charge in [0.05, 0.1) is 13.2 Å². The van der Waals surface area contributed by atoms with Crippen molar-refractivity contribution < 1.29 is 33.7 Å². The van der Waals surface area contributed by atoms with Crippen molar-refractivity contribution in [1.82, 2.24) is 4.90 Å². The summed E-state index contributed by atoms with van der Waals surface area (Å²) in [5.41, 5.74) is 0.170. The summed E-state index contributed by atoms with van der Waals surface area (Å²) in [4.78, 5) is 47.5. The molecule has 3 aromatic rings. The monoisotopic (exact) mass is 584 g/mol. The van der Waals surface area contributed by atoms with Gasteiger partial charge < -0.3 is 19.3 Å². The fourth-order valence-corrected chi connectivity index (χ4v) is 5.33. The number of aliphatic imine (C=N–C) groups is 1. The minimum Gasteiger partial charge on any atom is -0.494 e. The van der Waals surface area contributed by atoms with E-state index < -0.39 is 35.0 Å². The van der Waals surface area contributed by atoms with Gasteiger partial charge in [-0.05, 0) is 69.2 Å². The molecule has 43 heavy (non-hydrogen) atoms. The number of amides is 2. The molecule has 9 heteroatoms. The Labute approximate surface area is 251 Å². The molecule has 2 aliphatic heterocycles. The van der Waals surface area contributed by atoms with Crippen LogP contribution in [0, 0.1) is 0 Å². The van der Waals surface area contributed by atoms with Gasteiger partial charge in [-0.1, -0.05) is 42.5 Å². The molecule has 224 valence electrons. The molecule has 1 N–H and O–H groups in total. The standard InChI is InChI=1S/C34H36N2O7/c1-33(2,3)43-28(38)18-19-34-29(42-30(35-34)23-14-16-26(17-15-23)41-21-9-20-37)27-13-8-7-12-25(27)22-36(32(34)40)31(39)24-10-5-4-6-11-24/h4-8,10-17,29,37H,9,18-22H2,1-3H3/t29-,34-/m0/s1. The van der Waals surface area contributed by atoms with Crippen LogP contribution < -0.4 is 4.74 Å². The predicted molar refractivity (Wildman–Crippen MR) is 160 cm³/mol. The molecule has 0 radical (unpaired) electrons. The largest absolute Gasteiger partial charge is 0.494 e. The van der Waals surface area contributed by atoms with E-state index in [-0.39, 0.29) is 31.9 Å². The number of fused-ring (bicyclic) bond motifs is 3. The van der Waals surface area contributed by atoms with Crippen LogP contribution in [0.4, 0.5) is 0 Å². The normalized spacial score (nSPS) is 19.4. The Kier molecular flexibility index (Phi) is 8.64. The second-order valence-corrected chi connectivity index (χ2v) is 11.6. The summed E-state index contributed by atoms with van der Waals surface area (Å²) in [6.45, 7) is 5.80. The number of aliphatic hydroxyl groups excluding tert-OH is 1. The molecule has 0 spiro atoms. The van der Waals surface area contributed by atoms with Crippen LogP contribution in [-0.2, 0) is 25.6 Å². The first-order valence-electron chi connectivity index (χ1n) is 14.4. The molecule has 0 aromatic heterocycles. The summed E-state index contributed by atoms with van der Waals surface area (Å²) in [6, 6.07) is 23.2. The second kappa shape index (κ2) is 12.4. The lowest BCUT2D eigenvalue weighted by Crippen LogP contribution is -2.50. The highest BCUT2D eigenvalue weighted by Gasteiger charge is 2.57. The molecule has 2 aliphatic rings. The maximum atomic E-state index is 14.6. The number of nitrogens with zero attached hydrogens (tertiary/aromatic N) is 2. The van der Waals surface area contributed by atoms with E-state index in [1.807, 2.05) is 24.3 Å². The highest BCUT2D eigenvalue weighted by molar-refractivity contribution is 6.10. The van der Waals surface area contributed by atoms with Crippen LogP contribution in [0.5, 0.6) is 5.75 Å². The van der Waals surface area contributed by atoms with Crippen LogP contribution in [-0.4, -0.2) is 58.0 Å². The highest BCUT2D eigenvalue weighted by atomic mass is 16.6. The minimum absolute atomic E-state index is 0.0236. The SMILES string of the molecule is CC(C)(C)OC(=O)CC[C@]12N=C(c3ccc(OCCCO)cc3)O[C@H]1c1ccccc1CN(C(=O)c1ccccc1)C2=O. The summed E-state index contributed by atoms with van der Waals surface area (Å²) in [7, 11) is 0. The van der Waals surface area contributed by atoms with Crippen molar-refractivity contribution in [3.05, 3.63) is 101 Å². The van der Waals surface area contributed by atoms with Gasteiger partial charge in [0.2, 0.25) is 5.90 Å². The van der Waals surface area contributed by atoms with Gasteiger partial charge in [-0.3, -0.25) is 19.3 Å². The Bertz CT molecular complexity index is 1510. The molecule has 0 aliphatic carbocycles. The molecule has 0 bridgehead atoms. The zero-order chi connectivity index (χ0) is 30.6. The first kappa shape index (κ1) is 30.0. The molecule has 2 atom stereocenters. The topological polar surface area (TPSA) is 115 Å². The van der Waals surface area contributed by atoms with E-state index in [4.69, 9.17) is 24.3 Å². The van der Waals surface area contributed by atoms with Crippen molar-refractivity contribution in [3.8, 4) is 5.75 Å². The number of hydrogen-bond acceptors (Lipinski definition) is 8. The molecule has 9 nitrogen and oxygen atoms in total. The van der Waals surface area contributed by atoms with E-state index in [0.29, 0.717) is 29.9 Å². The third-order valence-corrected chi connectivity index (χ3v) is 7.31. The van der Waals surface area contributed by atoms with Gasteiger partial charge in [-0.2, -0.15) is 0 Å². The molecular formula is C34H36N2O7. The van der Waals surface area contributed by atoms with Gasteiger partial charge in [0.15, 0.2) is 11.6 Å². The number of ether oxygens (including phenoxy) is 3. The van der Waals surface area contributed by atoms with Crippen LogP contribution in [0.15, 0.2) is 83.9 Å². The number of carbonyl (C=O) groups excluding carboxylic acids is 3. The van der Waals surface area contributed by atoms with E-state index in [0.717, 1.165) is 11.1 Å². The van der Waals surface area contributed by atoms with Crippen molar-refractivity contribution >= 4 is 23.7 Å². The van der Waals surface area contributed by atoms with Crippen molar-refractivity contribution in [3.63, 3.8) is 0 Å². The second-order valence-electron chi connectivity index (χ2n) is 11.6. The third-order valence-electron chi connectivity index (χ3n) is 7.31. The highest BCUT2D eigenvalue weighted by Crippen LogP contribution is 2.47. The maximum Gasteiger partial charge on any atom is 0.306 e. The molecule has 0 saturated carbocycles. The van der Waals surface area contributed by atoms with Crippen molar-refractivity contribution in [2.45, 2.75) is 63.8 Å². The number of benzene rings is 3. The summed E-state index contributed by atoms with van der Waals surface area (Å²) in [5.74, 6) is -0.616. The van der Waals surface area contributed by atoms with Crippen molar-refractivity contribution in [2.24, 2.45) is 4.99 Å². The first-order valence-corrected chi connectivity index (χ1v) is 14.4. The summed E-state index contributed by atoms with van der Waals surface area (Å²) in [5, 5.41) is 9.03. The Morgan fingerprint density at radius 1 is 1.02 bits per heavy atom. The van der Waals surface area contributed by atoms with Crippen LogP contribution in [0.1, 0.15) is 73.2 Å². The number of imide groups is 1. The van der Waals surface area contributed by atoms with Crippen molar-refractivity contribution in [1.29, 1.82) is 0 Å². The molecule has 0 unspecified atom stereocenters. The Morgan fingerprint density at radius 2 is 1.72 bits per heavy atom. The number of esters is 1. The van der Waals surface area contributed by atoms with Crippen LogP contribution in [0.2, 0.25) is 0 Å². The number of rotatable bonds is 9. The Hall–Kier alpha value is -4.50. The lowest BCUT2D eigenvalue weighted by molar-refractivity contribution is -0.155. The lowest BCUT2D eigenvalue weighted by atomic mass is 9.83. The van der Waals surface area contributed by atoms with Gasteiger partial charge in [-0.25, -0.2) is 4.99 Å². The van der Waals surface area contributed by atoms with Crippen molar-refractivity contribution in [2.75, 3.05) is 13.2 Å². The number of aliphatic hydroxyl groups is 1. The third kappa shape index (κ3) is 6.46. The Balaban J connectivity index is 1.58. The first-order chi connectivity index (χ1) is 20.6. The molecule has 5 rings (SSSR count). The van der Waals surface area contributed by atoms with Crippen LogP contribution >= 0.6 is 0 Å². The van der Waals surface area contributed by atoms with Gasteiger partial charge in [0.1, 0.15) is 11.4 Å². The van der Waals surface area contributed by atoms with Gasteiger partial charge in [0, 0.05) is 36.1 Å². The van der Waals surface area contributed by atoms with Gasteiger partial charge in [-0.15, -0.1) is 0 Å². The molecule has 2 heterocycles. The molecule has 2 amide bonds. The summed E-state index contributed by atoms with van der Waals surface area (Å²) in [6.07, 6.45) is -0.487. The zero-order valence-corrected chi connectivity index (χ0v) is 24.6. The van der Waals surface area contributed by atoms with Crippen LogP contribution in [0.25, 0.3) is 0 Å². The average molecular weight is 585 g/mol. The molecular weight excluding hydrogens is 548 g/mol. The molecule has 0 fully saturated rings. The predicted octanol–water partition coefficient (Wildman–Crippen LogP) is 5.01. The molecule has 0 saturated heterocycles.